The molecule has 2 fully saturated rings. The van der Waals surface area contributed by atoms with Gasteiger partial charge in [0.2, 0.25) is 5.91 Å². The van der Waals surface area contributed by atoms with E-state index in [-0.39, 0.29) is 5.92 Å². The minimum absolute atomic E-state index is 0.226. The Morgan fingerprint density at radius 3 is 2.47 bits per heavy atom. The van der Waals surface area contributed by atoms with Gasteiger partial charge in [-0.05, 0) is 107 Å². The van der Waals surface area contributed by atoms with Gasteiger partial charge in [-0.25, -0.2) is 0 Å². The maximum atomic E-state index is 13.1. The molecule has 6 heteroatoms. The van der Waals surface area contributed by atoms with Gasteiger partial charge in [-0.1, -0.05) is 47.3 Å². The van der Waals surface area contributed by atoms with Crippen molar-refractivity contribution in [3.05, 3.63) is 60.7 Å². The first-order valence-electron chi connectivity index (χ1n) is 12.8. The molecule has 1 atom stereocenters. The Kier molecular flexibility index (Phi) is 7.72. The van der Waals surface area contributed by atoms with E-state index in [1.54, 1.807) is 0 Å². The van der Waals surface area contributed by atoms with Gasteiger partial charge in [-0.15, -0.1) is 0 Å². The molecule has 2 aromatic rings. The lowest BCUT2D eigenvalue weighted by atomic mass is 9.76. The van der Waals surface area contributed by atoms with Crippen molar-refractivity contribution in [3.8, 4) is 0 Å². The van der Waals surface area contributed by atoms with Crippen molar-refractivity contribution in [2.45, 2.75) is 70.6 Å². The zero-order valence-corrected chi connectivity index (χ0v) is 23.8. The topological polar surface area (TPSA) is 33.2 Å². The molecule has 0 spiro atoms. The Balaban J connectivity index is 1.35. The summed E-state index contributed by atoms with van der Waals surface area (Å²) in [6.45, 7) is 4.05. The number of benzene rings is 1. The average molecular weight is 609 g/mol. The molecule has 1 saturated carbocycles. The lowest BCUT2D eigenvalue weighted by molar-refractivity contribution is -0.134. The molecule has 3 nitrogen and oxygen atoms in total. The molecule has 182 valence electrons. The van der Waals surface area contributed by atoms with Crippen LogP contribution in [0.2, 0.25) is 5.02 Å². The quantitative estimate of drug-likeness (QED) is 0.354. The van der Waals surface area contributed by atoms with E-state index in [0.29, 0.717) is 17.7 Å². The maximum Gasteiger partial charge on any atom is 0.222 e. The fourth-order valence-corrected chi connectivity index (χ4v) is 7.92. The highest BCUT2D eigenvalue weighted by Gasteiger charge is 2.36. The molecule has 1 amide bonds. The number of piperidine rings is 1. The number of nitrogens with zero attached hydrogens (tertiary/aromatic N) is 2. The van der Waals surface area contributed by atoms with E-state index < -0.39 is 0 Å². The molecular formula is C28H33Br2ClN2O. The van der Waals surface area contributed by atoms with Crippen LogP contribution in [0.15, 0.2) is 33.3 Å². The standard InChI is InChI=1S/C28H33Br2ClN2O/c1-17-2-4-18(5-3-17)12-25(34)33-10-8-19(9-11-33)27-26-20(14-23(31)15-24(26)30)6-7-21-13-22(29)16-32-28(21)27/h13-19,27H,2-12H2,1H3/t17?,18?,27-/m1/s1. The van der Waals surface area contributed by atoms with Crippen molar-refractivity contribution in [2.24, 2.45) is 17.8 Å². The summed E-state index contributed by atoms with van der Waals surface area (Å²) in [5.41, 5.74) is 5.19. The summed E-state index contributed by atoms with van der Waals surface area (Å²) in [6, 6.07) is 6.40. The van der Waals surface area contributed by atoms with Crippen LogP contribution in [0, 0.1) is 17.8 Å². The molecule has 2 heterocycles. The molecule has 1 saturated heterocycles. The summed E-state index contributed by atoms with van der Waals surface area (Å²) in [5, 5.41) is 0.780. The Hall–Kier alpha value is -0.910. The van der Waals surface area contributed by atoms with Gasteiger partial charge in [0.1, 0.15) is 0 Å². The number of fused-ring (bicyclic) bond motifs is 2. The number of pyridine rings is 1. The first-order valence-corrected chi connectivity index (χ1v) is 14.8. The number of halogens is 3. The van der Waals surface area contributed by atoms with E-state index in [1.165, 1.54) is 48.1 Å². The monoisotopic (exact) mass is 606 g/mol. The summed E-state index contributed by atoms with van der Waals surface area (Å²) in [7, 11) is 0. The smallest absolute Gasteiger partial charge is 0.222 e. The molecule has 0 bridgehead atoms. The summed E-state index contributed by atoms with van der Waals surface area (Å²) < 4.78 is 2.12. The molecule has 0 N–H and O–H groups in total. The predicted octanol–water partition coefficient (Wildman–Crippen LogP) is 7.95. The highest BCUT2D eigenvalue weighted by atomic mass is 79.9. The van der Waals surface area contributed by atoms with Crippen molar-refractivity contribution in [3.63, 3.8) is 0 Å². The molecule has 5 rings (SSSR count). The summed E-state index contributed by atoms with van der Waals surface area (Å²) >= 11 is 13.9. The van der Waals surface area contributed by atoms with Crippen LogP contribution >= 0.6 is 43.5 Å². The van der Waals surface area contributed by atoms with Crippen LogP contribution in [0.3, 0.4) is 0 Å². The Morgan fingerprint density at radius 1 is 1.03 bits per heavy atom. The number of aryl methyl sites for hydroxylation is 2. The summed E-state index contributed by atoms with van der Waals surface area (Å²) in [6.07, 6.45) is 11.6. The highest BCUT2D eigenvalue weighted by Crippen LogP contribution is 2.46. The molecule has 0 unspecified atom stereocenters. The third-order valence-electron chi connectivity index (χ3n) is 8.38. The van der Waals surface area contributed by atoms with Crippen LogP contribution in [-0.2, 0) is 17.6 Å². The van der Waals surface area contributed by atoms with E-state index in [4.69, 9.17) is 16.6 Å². The third-order valence-corrected chi connectivity index (χ3v) is 9.69. The number of likely N-dealkylation sites (tertiary alicyclic amines) is 1. The normalized spacial score (nSPS) is 25.4. The van der Waals surface area contributed by atoms with Crippen LogP contribution in [0.25, 0.3) is 0 Å². The number of aromatic nitrogens is 1. The van der Waals surface area contributed by atoms with Gasteiger partial charge in [0.15, 0.2) is 0 Å². The minimum Gasteiger partial charge on any atom is -0.343 e. The van der Waals surface area contributed by atoms with Gasteiger partial charge in [0, 0.05) is 45.6 Å². The number of rotatable bonds is 3. The second-order valence-electron chi connectivity index (χ2n) is 10.7. The van der Waals surface area contributed by atoms with E-state index >= 15 is 0 Å². The van der Waals surface area contributed by atoms with Crippen molar-refractivity contribution < 1.29 is 4.79 Å². The maximum absolute atomic E-state index is 13.1. The van der Waals surface area contributed by atoms with Crippen LogP contribution in [0.4, 0.5) is 0 Å². The second kappa shape index (κ2) is 10.6. The van der Waals surface area contributed by atoms with Crippen molar-refractivity contribution in [1.82, 2.24) is 9.88 Å². The largest absolute Gasteiger partial charge is 0.343 e. The fourth-order valence-electron chi connectivity index (χ4n) is 6.42. The first-order chi connectivity index (χ1) is 16.4. The Labute approximate surface area is 225 Å². The van der Waals surface area contributed by atoms with Gasteiger partial charge >= 0.3 is 0 Å². The van der Waals surface area contributed by atoms with E-state index in [2.05, 4.69) is 55.8 Å². The van der Waals surface area contributed by atoms with Crippen LogP contribution in [0.5, 0.6) is 0 Å². The molecule has 1 aliphatic heterocycles. The van der Waals surface area contributed by atoms with Crippen molar-refractivity contribution >= 4 is 49.4 Å². The number of carbonyl (C=O) groups excluding carboxylic acids is 1. The van der Waals surface area contributed by atoms with Gasteiger partial charge in [0.05, 0.1) is 5.69 Å². The van der Waals surface area contributed by atoms with Gasteiger partial charge in [-0.2, -0.15) is 0 Å². The SMILES string of the molecule is CC1CCC(CC(=O)N2CCC([C@H]3c4ncc(Br)cc4CCc4cc(Cl)cc(Br)c43)CC2)CC1. The van der Waals surface area contributed by atoms with E-state index in [1.807, 2.05) is 12.3 Å². The lowest BCUT2D eigenvalue weighted by Gasteiger charge is -2.38. The van der Waals surface area contributed by atoms with Crippen LogP contribution in [0.1, 0.15) is 80.2 Å². The average Bonchev–Trinajstić information content (AvgIpc) is 2.97. The molecule has 3 aliphatic rings. The van der Waals surface area contributed by atoms with Gasteiger partial charge < -0.3 is 4.90 Å². The van der Waals surface area contributed by atoms with E-state index in [9.17, 15) is 4.79 Å². The minimum atomic E-state index is 0.226. The lowest BCUT2D eigenvalue weighted by Crippen LogP contribution is -2.41. The Bertz CT molecular complexity index is 1060. The summed E-state index contributed by atoms with van der Waals surface area (Å²) in [5.74, 6) is 2.47. The second-order valence-corrected chi connectivity index (χ2v) is 12.9. The molecule has 2 aliphatic carbocycles. The zero-order valence-electron chi connectivity index (χ0n) is 19.8. The zero-order chi connectivity index (χ0) is 23.8. The Morgan fingerprint density at radius 2 is 1.74 bits per heavy atom. The molecular weight excluding hydrogens is 576 g/mol. The van der Waals surface area contributed by atoms with Crippen LogP contribution in [-0.4, -0.2) is 28.9 Å². The van der Waals surface area contributed by atoms with Crippen LogP contribution < -0.4 is 0 Å². The molecule has 34 heavy (non-hydrogen) atoms. The van der Waals surface area contributed by atoms with Gasteiger partial charge in [0.25, 0.3) is 0 Å². The number of carbonyl (C=O) groups is 1. The third kappa shape index (κ3) is 5.27. The summed E-state index contributed by atoms with van der Waals surface area (Å²) in [4.78, 5) is 20.2. The predicted molar refractivity (Wildman–Crippen MR) is 145 cm³/mol. The van der Waals surface area contributed by atoms with Crippen molar-refractivity contribution in [1.29, 1.82) is 0 Å². The first kappa shape index (κ1) is 24.8. The number of amides is 1. The highest BCUT2D eigenvalue weighted by molar-refractivity contribution is 9.10. The number of hydrogen-bond acceptors (Lipinski definition) is 2. The molecule has 1 aromatic heterocycles. The van der Waals surface area contributed by atoms with Crippen molar-refractivity contribution in [2.75, 3.05) is 13.1 Å². The molecule has 1 aromatic carbocycles. The van der Waals surface area contributed by atoms with Gasteiger partial charge in [-0.3, -0.25) is 9.78 Å². The fraction of sp³-hybridized carbons (Fsp3) is 0.571. The molecule has 0 radical (unpaired) electrons. The number of hydrogen-bond donors (Lipinski definition) is 0. The van der Waals surface area contributed by atoms with E-state index in [0.717, 1.165) is 65.1 Å².